The normalized spacial score (nSPS) is 14.0. The molecule has 0 saturated heterocycles. The second-order valence-electron chi connectivity index (χ2n) is 8.34. The number of amides is 2. The molecule has 0 unspecified atom stereocenters. The van der Waals surface area contributed by atoms with Gasteiger partial charge in [0.05, 0.1) is 21.3 Å². The third kappa shape index (κ3) is 3.99. The number of H-pyrrole nitrogens is 1. The van der Waals surface area contributed by atoms with E-state index in [1.807, 2.05) is 33.8 Å². The van der Waals surface area contributed by atoms with Gasteiger partial charge in [-0.1, -0.05) is 37.0 Å². The first kappa shape index (κ1) is 24.0. The fraction of sp³-hybridized carbons (Fsp3) is 0.280. The molecule has 1 aromatic carbocycles. The van der Waals surface area contributed by atoms with Gasteiger partial charge in [-0.2, -0.15) is 4.57 Å². The average molecular weight is 500 g/mol. The van der Waals surface area contributed by atoms with Crippen molar-refractivity contribution in [2.45, 2.75) is 40.5 Å². The zero-order valence-corrected chi connectivity index (χ0v) is 20.9. The number of aromatic amines is 1. The van der Waals surface area contributed by atoms with E-state index in [0.717, 1.165) is 11.1 Å². The van der Waals surface area contributed by atoms with Crippen LogP contribution in [-0.4, -0.2) is 33.0 Å². The van der Waals surface area contributed by atoms with Crippen LogP contribution >= 0.6 is 23.2 Å². The quantitative estimate of drug-likeness (QED) is 0.409. The Bertz CT molecular complexity index is 1400. The molecule has 7 nitrogen and oxygen atoms in total. The Balaban J connectivity index is 2.02. The number of halogens is 2. The molecule has 0 bridgehead atoms. The molecule has 9 heteroatoms. The van der Waals surface area contributed by atoms with Gasteiger partial charge in [0, 0.05) is 23.4 Å². The average Bonchev–Trinajstić information content (AvgIpc) is 3.23. The number of nitrogens with one attached hydrogen (secondary N) is 1. The molecule has 3 aromatic rings. The van der Waals surface area contributed by atoms with Gasteiger partial charge in [0.1, 0.15) is 5.57 Å². The molecule has 0 radical (unpaired) electrons. The Hall–Kier alpha value is -3.16. The molecule has 1 aliphatic rings. The first-order valence-electron chi connectivity index (χ1n) is 11.1. The number of nitrogens with zero attached hydrogens (tertiary/aromatic N) is 3. The third-order valence-corrected chi connectivity index (χ3v) is 6.46. The molecule has 0 saturated carbocycles. The monoisotopic (exact) mass is 499 g/mol. The van der Waals surface area contributed by atoms with Crippen LogP contribution in [0, 0.1) is 13.8 Å². The molecule has 176 valence electrons. The number of rotatable bonds is 6. The Kier molecular flexibility index (Phi) is 6.51. The van der Waals surface area contributed by atoms with Crippen LogP contribution in [0.4, 0.5) is 0 Å². The minimum Gasteiger partial charge on any atom is -0.294 e. The summed E-state index contributed by atoms with van der Waals surface area (Å²) in [6.07, 6.45) is 4.64. The predicted octanol–water partition coefficient (Wildman–Crippen LogP) is 4.09. The van der Waals surface area contributed by atoms with Crippen molar-refractivity contribution in [3.63, 3.8) is 0 Å². The lowest BCUT2D eigenvalue weighted by Gasteiger charge is -2.11. The van der Waals surface area contributed by atoms with Crippen LogP contribution in [0.3, 0.4) is 0 Å². The van der Waals surface area contributed by atoms with Crippen molar-refractivity contribution in [1.82, 2.24) is 14.7 Å². The van der Waals surface area contributed by atoms with Gasteiger partial charge in [0.25, 0.3) is 17.2 Å². The van der Waals surface area contributed by atoms with E-state index in [1.165, 1.54) is 9.58 Å². The molecule has 2 aromatic heterocycles. The second-order valence-corrected chi connectivity index (χ2v) is 9.16. The highest BCUT2D eigenvalue weighted by atomic mass is 35.5. The summed E-state index contributed by atoms with van der Waals surface area (Å²) in [5.74, 6) is -0.888. The van der Waals surface area contributed by atoms with Crippen molar-refractivity contribution >= 4 is 46.3 Å². The number of hydrogen-bond acceptors (Lipinski definition) is 3. The lowest BCUT2D eigenvalue weighted by Crippen LogP contribution is -2.40. The summed E-state index contributed by atoms with van der Waals surface area (Å²) in [6, 6.07) is 6.81. The number of hydrogen-bond donors (Lipinski definition) is 1. The summed E-state index contributed by atoms with van der Waals surface area (Å²) in [6.45, 7) is 7.87. The van der Waals surface area contributed by atoms with Crippen LogP contribution in [0.2, 0.25) is 10.0 Å². The van der Waals surface area contributed by atoms with Gasteiger partial charge >= 0.3 is 5.91 Å². The van der Waals surface area contributed by atoms with E-state index in [0.29, 0.717) is 34.3 Å². The molecule has 34 heavy (non-hydrogen) atoms. The largest absolute Gasteiger partial charge is 0.326 e. The molecular formula is C25H25Cl2N4O3+. The molecule has 3 heterocycles. The van der Waals surface area contributed by atoms with Crippen molar-refractivity contribution < 1.29 is 14.2 Å². The molecule has 0 atom stereocenters. The minimum atomic E-state index is -0.472. The van der Waals surface area contributed by atoms with E-state index in [9.17, 15) is 14.4 Å². The summed E-state index contributed by atoms with van der Waals surface area (Å²) in [4.78, 5) is 41.9. The number of aromatic nitrogens is 3. The zero-order chi connectivity index (χ0) is 24.7. The first-order valence-corrected chi connectivity index (χ1v) is 11.8. The summed E-state index contributed by atoms with van der Waals surface area (Å²) < 4.78 is 2.98. The Labute approximate surface area is 207 Å². The summed E-state index contributed by atoms with van der Waals surface area (Å²) in [5, 5.41) is 3.76. The van der Waals surface area contributed by atoms with E-state index in [-0.39, 0.29) is 23.4 Å². The van der Waals surface area contributed by atoms with Crippen LogP contribution in [0.5, 0.6) is 0 Å². The van der Waals surface area contributed by atoms with E-state index in [2.05, 4.69) is 5.10 Å². The number of carbonyl (C=O) groups is 2. The third-order valence-electron chi connectivity index (χ3n) is 5.72. The molecular weight excluding hydrogens is 475 g/mol. The van der Waals surface area contributed by atoms with Gasteiger partial charge in [0.2, 0.25) is 0 Å². The van der Waals surface area contributed by atoms with Gasteiger partial charge < -0.3 is 0 Å². The van der Waals surface area contributed by atoms with E-state index in [4.69, 9.17) is 23.2 Å². The SMILES string of the molecule is CCCN1C(=O)C(c2c(CC)[nH]n(-c3ccc(Cl)c(Cl)c3)c2=O)=C([n+]2cc(C)cc(C)c2)C1=O. The maximum absolute atomic E-state index is 13.7. The molecule has 0 spiro atoms. The number of imide groups is 1. The molecule has 1 N–H and O–H groups in total. The maximum Gasteiger partial charge on any atom is 0.326 e. The fourth-order valence-corrected chi connectivity index (χ4v) is 4.59. The Morgan fingerprint density at radius 3 is 2.21 bits per heavy atom. The van der Waals surface area contributed by atoms with Crippen LogP contribution in [0.1, 0.15) is 42.7 Å². The Morgan fingerprint density at radius 1 is 0.941 bits per heavy atom. The van der Waals surface area contributed by atoms with Crippen LogP contribution in [0.15, 0.2) is 41.5 Å². The van der Waals surface area contributed by atoms with E-state index < -0.39 is 17.4 Å². The first-order chi connectivity index (χ1) is 16.2. The summed E-state index contributed by atoms with van der Waals surface area (Å²) in [5.41, 5.74) is 2.91. The van der Waals surface area contributed by atoms with Crippen LogP contribution < -0.4 is 10.1 Å². The molecule has 0 fully saturated rings. The second kappa shape index (κ2) is 9.24. The van der Waals surface area contributed by atoms with Crippen molar-refractivity contribution in [1.29, 1.82) is 0 Å². The smallest absolute Gasteiger partial charge is 0.294 e. The van der Waals surface area contributed by atoms with Gasteiger partial charge in [-0.3, -0.25) is 24.4 Å². The number of aryl methyl sites for hydroxylation is 3. The number of carbonyl (C=O) groups excluding carboxylic acids is 2. The summed E-state index contributed by atoms with van der Waals surface area (Å²) >= 11 is 12.2. The van der Waals surface area contributed by atoms with Crippen molar-refractivity contribution in [2.24, 2.45) is 0 Å². The molecule has 2 amide bonds. The molecule has 0 aliphatic carbocycles. The van der Waals surface area contributed by atoms with Crippen molar-refractivity contribution in [3.8, 4) is 5.69 Å². The molecule has 4 rings (SSSR count). The van der Waals surface area contributed by atoms with Gasteiger partial charge in [0.15, 0.2) is 12.4 Å². The number of pyridine rings is 1. The van der Waals surface area contributed by atoms with Crippen LogP contribution in [-0.2, 0) is 16.0 Å². The topological polar surface area (TPSA) is 79.1 Å². The highest BCUT2D eigenvalue weighted by molar-refractivity contribution is 6.44. The standard InChI is InChI=1S/C25H24Cl2N4O3/c1-5-9-30-23(32)21(22(25(30)34)29-12-14(3)10-15(4)13-29)20-19(6-2)28-31(24(20)33)16-7-8-17(26)18(27)11-16/h7-8,10-13H,5-6,9H2,1-4H3/p+1. The zero-order valence-electron chi connectivity index (χ0n) is 19.4. The maximum atomic E-state index is 13.7. The van der Waals surface area contributed by atoms with E-state index in [1.54, 1.807) is 35.2 Å². The van der Waals surface area contributed by atoms with E-state index >= 15 is 0 Å². The minimum absolute atomic E-state index is 0.102. The van der Waals surface area contributed by atoms with Crippen molar-refractivity contribution in [2.75, 3.05) is 6.54 Å². The predicted molar refractivity (Wildman–Crippen MR) is 132 cm³/mol. The van der Waals surface area contributed by atoms with Crippen LogP contribution in [0.25, 0.3) is 17.0 Å². The van der Waals surface area contributed by atoms with Gasteiger partial charge in [-0.25, -0.2) is 4.68 Å². The van der Waals surface area contributed by atoms with Gasteiger partial charge in [-0.05, 0) is 51.0 Å². The molecule has 1 aliphatic heterocycles. The highest BCUT2D eigenvalue weighted by Gasteiger charge is 2.47. The lowest BCUT2D eigenvalue weighted by molar-refractivity contribution is -0.577. The fourth-order valence-electron chi connectivity index (χ4n) is 4.30. The summed E-state index contributed by atoms with van der Waals surface area (Å²) in [7, 11) is 0. The highest BCUT2D eigenvalue weighted by Crippen LogP contribution is 2.31. The van der Waals surface area contributed by atoms with Gasteiger partial charge in [-0.15, -0.1) is 0 Å². The number of benzene rings is 1. The lowest BCUT2D eigenvalue weighted by atomic mass is 10.0. The Morgan fingerprint density at radius 2 is 1.62 bits per heavy atom. The van der Waals surface area contributed by atoms with Crippen molar-refractivity contribution in [3.05, 3.63) is 79.4 Å².